The normalized spacial score (nSPS) is 29.5. The van der Waals surface area contributed by atoms with E-state index in [-0.39, 0.29) is 18.2 Å². The number of amides is 1. The minimum absolute atomic E-state index is 0.00973. The first-order valence-corrected chi connectivity index (χ1v) is 9.08. The van der Waals surface area contributed by atoms with Crippen LogP contribution in [0.25, 0.3) is 0 Å². The lowest BCUT2D eigenvalue weighted by Crippen LogP contribution is -2.49. The Balaban J connectivity index is 1.43. The number of hydrogen-bond acceptors (Lipinski definition) is 4. The lowest BCUT2D eigenvalue weighted by atomic mass is 9.95. The van der Waals surface area contributed by atoms with E-state index >= 15 is 0 Å². The summed E-state index contributed by atoms with van der Waals surface area (Å²) in [6.07, 6.45) is 3.08. The molecule has 0 radical (unpaired) electrons. The Morgan fingerprint density at radius 2 is 1.79 bits per heavy atom. The van der Waals surface area contributed by atoms with Crippen molar-refractivity contribution >= 4 is 11.6 Å². The standard InChI is InChI=1S/C19H26N2O3/c1-14-4-6-16(7-5-14)21-10-8-17(18(21)22)20-9-2-3-15(13-20)19-23-11-12-24-19/h4-7,15,17,19H,2-3,8-13H2,1H3/t15-,17-/m1/s1. The second kappa shape index (κ2) is 6.82. The van der Waals surface area contributed by atoms with Crippen LogP contribution in [-0.4, -0.2) is 56.0 Å². The lowest BCUT2D eigenvalue weighted by molar-refractivity contribution is -0.126. The van der Waals surface area contributed by atoms with Crippen LogP contribution >= 0.6 is 0 Å². The van der Waals surface area contributed by atoms with Crippen molar-refractivity contribution in [2.24, 2.45) is 5.92 Å². The third kappa shape index (κ3) is 3.08. The third-order valence-electron chi connectivity index (χ3n) is 5.49. The van der Waals surface area contributed by atoms with Crippen LogP contribution in [0.4, 0.5) is 5.69 Å². The van der Waals surface area contributed by atoms with Crippen LogP contribution in [0.1, 0.15) is 24.8 Å². The van der Waals surface area contributed by atoms with Gasteiger partial charge in [0.2, 0.25) is 5.91 Å². The van der Waals surface area contributed by atoms with E-state index in [2.05, 4.69) is 36.1 Å². The fourth-order valence-electron chi connectivity index (χ4n) is 4.18. The average Bonchev–Trinajstić information content (AvgIpc) is 3.26. The van der Waals surface area contributed by atoms with Gasteiger partial charge in [0.25, 0.3) is 0 Å². The zero-order valence-electron chi connectivity index (χ0n) is 14.3. The molecule has 3 fully saturated rings. The number of aryl methyl sites for hydroxylation is 1. The molecule has 3 aliphatic heterocycles. The van der Waals surface area contributed by atoms with Gasteiger partial charge < -0.3 is 14.4 Å². The van der Waals surface area contributed by atoms with Crippen LogP contribution in [0, 0.1) is 12.8 Å². The summed E-state index contributed by atoms with van der Waals surface area (Å²) in [7, 11) is 0. The predicted octanol–water partition coefficient (Wildman–Crippen LogP) is 2.19. The summed E-state index contributed by atoms with van der Waals surface area (Å²) in [5.74, 6) is 0.634. The van der Waals surface area contributed by atoms with E-state index < -0.39 is 0 Å². The number of likely N-dealkylation sites (tertiary alicyclic amines) is 1. The van der Waals surface area contributed by atoms with Gasteiger partial charge >= 0.3 is 0 Å². The molecule has 4 rings (SSSR count). The van der Waals surface area contributed by atoms with Crippen molar-refractivity contribution in [2.45, 2.75) is 38.5 Å². The van der Waals surface area contributed by atoms with E-state index in [1.54, 1.807) is 0 Å². The van der Waals surface area contributed by atoms with E-state index in [0.717, 1.165) is 44.6 Å². The molecule has 0 aromatic heterocycles. The first-order chi connectivity index (χ1) is 11.7. The Hall–Kier alpha value is -1.43. The van der Waals surface area contributed by atoms with Crippen molar-refractivity contribution in [1.29, 1.82) is 0 Å². The highest BCUT2D eigenvalue weighted by molar-refractivity contribution is 5.99. The summed E-state index contributed by atoms with van der Waals surface area (Å²) in [4.78, 5) is 17.2. The molecule has 1 aromatic carbocycles. The van der Waals surface area contributed by atoms with Crippen LogP contribution in [0.2, 0.25) is 0 Å². The van der Waals surface area contributed by atoms with Crippen molar-refractivity contribution in [3.8, 4) is 0 Å². The summed E-state index contributed by atoms with van der Waals surface area (Å²) in [5, 5.41) is 0. The fourth-order valence-corrected chi connectivity index (χ4v) is 4.18. The van der Waals surface area contributed by atoms with E-state index in [4.69, 9.17) is 9.47 Å². The molecule has 130 valence electrons. The molecule has 3 saturated heterocycles. The number of hydrogen-bond donors (Lipinski definition) is 0. The molecule has 5 nitrogen and oxygen atoms in total. The molecule has 0 N–H and O–H groups in total. The number of benzene rings is 1. The van der Waals surface area contributed by atoms with Gasteiger partial charge in [-0.2, -0.15) is 0 Å². The van der Waals surface area contributed by atoms with Gasteiger partial charge in [0, 0.05) is 24.7 Å². The van der Waals surface area contributed by atoms with Crippen LogP contribution < -0.4 is 4.90 Å². The minimum Gasteiger partial charge on any atom is -0.350 e. The van der Waals surface area contributed by atoms with E-state index in [1.165, 1.54) is 5.56 Å². The van der Waals surface area contributed by atoms with Crippen molar-refractivity contribution in [2.75, 3.05) is 37.7 Å². The van der Waals surface area contributed by atoms with E-state index in [0.29, 0.717) is 19.1 Å². The summed E-state index contributed by atoms with van der Waals surface area (Å²) in [6, 6.07) is 8.25. The zero-order valence-corrected chi connectivity index (χ0v) is 14.3. The van der Waals surface area contributed by atoms with Crippen molar-refractivity contribution in [3.63, 3.8) is 0 Å². The molecule has 0 spiro atoms. The fraction of sp³-hybridized carbons (Fsp3) is 0.632. The second-order valence-corrected chi connectivity index (χ2v) is 7.14. The summed E-state index contributed by atoms with van der Waals surface area (Å²) >= 11 is 0. The Labute approximate surface area is 143 Å². The van der Waals surface area contributed by atoms with Crippen LogP contribution in [-0.2, 0) is 14.3 Å². The number of anilines is 1. The van der Waals surface area contributed by atoms with Gasteiger partial charge in [-0.25, -0.2) is 0 Å². The van der Waals surface area contributed by atoms with Gasteiger partial charge in [-0.05, 0) is 44.9 Å². The largest absolute Gasteiger partial charge is 0.350 e. The van der Waals surface area contributed by atoms with Gasteiger partial charge in [-0.3, -0.25) is 9.69 Å². The highest BCUT2D eigenvalue weighted by Crippen LogP contribution is 2.30. The number of nitrogens with zero attached hydrogens (tertiary/aromatic N) is 2. The van der Waals surface area contributed by atoms with Crippen LogP contribution in [0.3, 0.4) is 0 Å². The quantitative estimate of drug-likeness (QED) is 0.852. The molecule has 0 aliphatic carbocycles. The number of rotatable bonds is 3. The number of carbonyl (C=O) groups excluding carboxylic acids is 1. The maximum absolute atomic E-state index is 12.9. The molecule has 3 aliphatic rings. The predicted molar refractivity (Wildman–Crippen MR) is 91.9 cm³/mol. The zero-order chi connectivity index (χ0) is 16.5. The topological polar surface area (TPSA) is 42.0 Å². The van der Waals surface area contributed by atoms with Crippen molar-refractivity contribution in [1.82, 2.24) is 4.90 Å². The highest BCUT2D eigenvalue weighted by Gasteiger charge is 2.40. The highest BCUT2D eigenvalue weighted by atomic mass is 16.7. The third-order valence-corrected chi connectivity index (χ3v) is 5.49. The number of piperidine rings is 1. The van der Waals surface area contributed by atoms with Gasteiger partial charge in [0.15, 0.2) is 6.29 Å². The maximum Gasteiger partial charge on any atom is 0.244 e. The first kappa shape index (κ1) is 16.1. The van der Waals surface area contributed by atoms with Crippen LogP contribution in [0.5, 0.6) is 0 Å². The SMILES string of the molecule is Cc1ccc(N2CC[C@@H](N3CCC[C@@H](C4OCCO4)C3)C2=O)cc1. The minimum atomic E-state index is -0.0718. The second-order valence-electron chi connectivity index (χ2n) is 7.14. The molecular formula is C19H26N2O3. The molecule has 24 heavy (non-hydrogen) atoms. The average molecular weight is 330 g/mol. The molecule has 2 atom stereocenters. The van der Waals surface area contributed by atoms with E-state index in [1.807, 2.05) is 4.90 Å². The number of ether oxygens (including phenoxy) is 2. The van der Waals surface area contributed by atoms with Gasteiger partial charge in [0.1, 0.15) is 0 Å². The smallest absolute Gasteiger partial charge is 0.244 e. The molecular weight excluding hydrogens is 304 g/mol. The summed E-state index contributed by atoms with van der Waals surface area (Å²) in [5.41, 5.74) is 2.24. The molecule has 3 heterocycles. The monoisotopic (exact) mass is 330 g/mol. The Morgan fingerprint density at radius 3 is 2.54 bits per heavy atom. The summed E-state index contributed by atoms with van der Waals surface area (Å²) in [6.45, 7) is 6.18. The van der Waals surface area contributed by atoms with Crippen molar-refractivity contribution < 1.29 is 14.3 Å². The van der Waals surface area contributed by atoms with Crippen LogP contribution in [0.15, 0.2) is 24.3 Å². The van der Waals surface area contributed by atoms with Gasteiger partial charge in [-0.15, -0.1) is 0 Å². The Bertz CT molecular complexity index is 583. The molecule has 5 heteroatoms. The number of carbonyl (C=O) groups is 1. The van der Waals surface area contributed by atoms with Crippen molar-refractivity contribution in [3.05, 3.63) is 29.8 Å². The lowest BCUT2D eigenvalue weighted by Gasteiger charge is -2.37. The maximum atomic E-state index is 12.9. The van der Waals surface area contributed by atoms with Gasteiger partial charge in [-0.1, -0.05) is 17.7 Å². The molecule has 0 unspecified atom stereocenters. The molecule has 1 aromatic rings. The Kier molecular flexibility index (Phi) is 4.57. The molecule has 0 bridgehead atoms. The van der Waals surface area contributed by atoms with E-state index in [9.17, 15) is 4.79 Å². The molecule has 1 amide bonds. The summed E-state index contributed by atoms with van der Waals surface area (Å²) < 4.78 is 11.4. The molecule has 0 saturated carbocycles. The van der Waals surface area contributed by atoms with Gasteiger partial charge in [0.05, 0.1) is 19.3 Å². The first-order valence-electron chi connectivity index (χ1n) is 9.08. The Morgan fingerprint density at radius 1 is 1.04 bits per heavy atom.